The molecule has 4 aromatic rings. The molecule has 2 heterocycles. The van der Waals surface area contributed by atoms with Gasteiger partial charge in [0.2, 0.25) is 5.28 Å². The molecule has 0 aliphatic carbocycles. The summed E-state index contributed by atoms with van der Waals surface area (Å²) in [5.41, 5.74) is 6.99. The Hall–Kier alpha value is -2.43. The van der Waals surface area contributed by atoms with Crippen molar-refractivity contribution >= 4 is 44.7 Å². The number of fused-ring (bicyclic) bond motifs is 1. The Balaban J connectivity index is 1.86. The summed E-state index contributed by atoms with van der Waals surface area (Å²) in [6.07, 6.45) is 0. The second kappa shape index (κ2) is 6.71. The Morgan fingerprint density at radius 3 is 2.42 bits per heavy atom. The van der Waals surface area contributed by atoms with E-state index in [0.717, 1.165) is 32.8 Å². The smallest absolute Gasteiger partial charge is 0.225 e. The average molecular weight is 380 g/mol. The number of hydrogen-bond acceptors (Lipinski definition) is 4. The molecule has 3 nitrogen and oxygen atoms in total. The molecule has 1 N–H and O–H groups in total. The van der Waals surface area contributed by atoms with Crippen molar-refractivity contribution in [2.45, 2.75) is 20.8 Å². The van der Waals surface area contributed by atoms with Crippen LogP contribution in [0.4, 0.5) is 11.5 Å². The molecule has 0 unspecified atom stereocenters. The summed E-state index contributed by atoms with van der Waals surface area (Å²) < 4.78 is 0. The zero-order valence-electron chi connectivity index (χ0n) is 14.8. The van der Waals surface area contributed by atoms with E-state index in [9.17, 15) is 0 Å². The zero-order chi connectivity index (χ0) is 18.3. The second-order valence-corrected chi connectivity index (χ2v) is 7.66. The van der Waals surface area contributed by atoms with Gasteiger partial charge < -0.3 is 5.32 Å². The van der Waals surface area contributed by atoms with Gasteiger partial charge in [-0.05, 0) is 61.2 Å². The summed E-state index contributed by atoms with van der Waals surface area (Å²) in [7, 11) is 0. The van der Waals surface area contributed by atoms with Crippen LogP contribution in [0.2, 0.25) is 5.28 Å². The van der Waals surface area contributed by atoms with E-state index in [0.29, 0.717) is 0 Å². The minimum atomic E-state index is 0.251. The molecule has 2 aromatic heterocycles. The number of aryl methyl sites for hydroxylation is 3. The van der Waals surface area contributed by atoms with E-state index < -0.39 is 0 Å². The van der Waals surface area contributed by atoms with Crippen molar-refractivity contribution in [2.24, 2.45) is 0 Å². The van der Waals surface area contributed by atoms with Gasteiger partial charge in [0.15, 0.2) is 0 Å². The monoisotopic (exact) mass is 379 g/mol. The van der Waals surface area contributed by atoms with E-state index >= 15 is 0 Å². The number of rotatable bonds is 3. The van der Waals surface area contributed by atoms with Crippen molar-refractivity contribution in [3.63, 3.8) is 0 Å². The van der Waals surface area contributed by atoms with Crippen LogP contribution in [-0.2, 0) is 0 Å². The molecule has 0 saturated heterocycles. The van der Waals surface area contributed by atoms with Crippen LogP contribution in [0.3, 0.4) is 0 Å². The van der Waals surface area contributed by atoms with Crippen LogP contribution in [0.25, 0.3) is 21.3 Å². The van der Waals surface area contributed by atoms with Crippen molar-refractivity contribution in [2.75, 3.05) is 5.32 Å². The third-order valence-corrected chi connectivity index (χ3v) is 5.58. The highest BCUT2D eigenvalue weighted by molar-refractivity contribution is 7.17. The van der Waals surface area contributed by atoms with Crippen molar-refractivity contribution in [1.82, 2.24) is 9.97 Å². The van der Waals surface area contributed by atoms with Gasteiger partial charge in [-0.2, -0.15) is 4.98 Å². The molecule has 2 aromatic carbocycles. The molecular weight excluding hydrogens is 362 g/mol. The molecule has 0 aliphatic heterocycles. The molecule has 0 fully saturated rings. The minimum Gasteiger partial charge on any atom is -0.340 e. The zero-order valence-corrected chi connectivity index (χ0v) is 16.4. The van der Waals surface area contributed by atoms with E-state index in [1.54, 1.807) is 11.3 Å². The van der Waals surface area contributed by atoms with Gasteiger partial charge in [0, 0.05) is 16.6 Å². The van der Waals surface area contributed by atoms with Crippen LogP contribution >= 0.6 is 22.9 Å². The number of halogens is 1. The van der Waals surface area contributed by atoms with Crippen LogP contribution in [0.15, 0.2) is 47.8 Å². The van der Waals surface area contributed by atoms with Crippen LogP contribution in [0, 0.1) is 20.8 Å². The highest BCUT2D eigenvalue weighted by atomic mass is 35.5. The molecule has 0 aliphatic rings. The lowest BCUT2D eigenvalue weighted by molar-refractivity contribution is 1.23. The lowest BCUT2D eigenvalue weighted by Crippen LogP contribution is -1.97. The first-order valence-electron chi connectivity index (χ1n) is 8.37. The number of anilines is 2. The van der Waals surface area contributed by atoms with Gasteiger partial charge in [-0.15, -0.1) is 11.3 Å². The highest BCUT2D eigenvalue weighted by Gasteiger charge is 2.15. The summed E-state index contributed by atoms with van der Waals surface area (Å²) in [5, 5.41) is 6.80. The summed E-state index contributed by atoms with van der Waals surface area (Å²) in [4.78, 5) is 9.76. The van der Waals surface area contributed by atoms with Gasteiger partial charge >= 0.3 is 0 Å². The number of benzene rings is 2. The molecule has 130 valence electrons. The van der Waals surface area contributed by atoms with Gasteiger partial charge in [0.1, 0.15) is 10.6 Å². The first kappa shape index (κ1) is 17.0. The second-order valence-electron chi connectivity index (χ2n) is 6.46. The van der Waals surface area contributed by atoms with Crippen molar-refractivity contribution in [1.29, 1.82) is 0 Å². The Morgan fingerprint density at radius 2 is 1.69 bits per heavy atom. The number of aromatic nitrogens is 2. The van der Waals surface area contributed by atoms with Crippen LogP contribution in [0.5, 0.6) is 0 Å². The Bertz CT molecular complexity index is 1100. The molecule has 4 rings (SSSR count). The molecule has 5 heteroatoms. The van der Waals surface area contributed by atoms with Gasteiger partial charge in [0.25, 0.3) is 0 Å². The average Bonchev–Trinajstić information content (AvgIpc) is 3.03. The molecule has 0 bridgehead atoms. The number of nitrogens with one attached hydrogen (secondary N) is 1. The van der Waals surface area contributed by atoms with Crippen LogP contribution in [0.1, 0.15) is 16.7 Å². The van der Waals surface area contributed by atoms with Gasteiger partial charge in [-0.1, -0.05) is 35.9 Å². The Labute approximate surface area is 161 Å². The molecule has 0 radical (unpaired) electrons. The van der Waals surface area contributed by atoms with Crippen LogP contribution < -0.4 is 5.32 Å². The Morgan fingerprint density at radius 1 is 0.923 bits per heavy atom. The third kappa shape index (κ3) is 3.18. The van der Waals surface area contributed by atoms with E-state index in [-0.39, 0.29) is 5.28 Å². The summed E-state index contributed by atoms with van der Waals surface area (Å²) in [6.45, 7) is 6.30. The first-order chi connectivity index (χ1) is 12.5. The maximum atomic E-state index is 6.17. The molecule has 0 atom stereocenters. The fourth-order valence-corrected chi connectivity index (χ4v) is 4.07. The van der Waals surface area contributed by atoms with E-state index in [1.807, 2.05) is 0 Å². The topological polar surface area (TPSA) is 37.8 Å². The van der Waals surface area contributed by atoms with E-state index in [1.165, 1.54) is 16.7 Å². The summed E-state index contributed by atoms with van der Waals surface area (Å²) in [5.74, 6) is 0.736. The fraction of sp³-hybridized carbons (Fsp3) is 0.143. The molecule has 0 spiro atoms. The van der Waals surface area contributed by atoms with Crippen molar-refractivity contribution < 1.29 is 0 Å². The highest BCUT2D eigenvalue weighted by Crippen LogP contribution is 2.38. The molecular formula is C21H18ClN3S. The lowest BCUT2D eigenvalue weighted by atomic mass is 10.0. The lowest BCUT2D eigenvalue weighted by Gasteiger charge is -2.11. The maximum absolute atomic E-state index is 6.17. The third-order valence-electron chi connectivity index (χ3n) is 4.54. The van der Waals surface area contributed by atoms with E-state index in [4.69, 9.17) is 11.6 Å². The summed E-state index contributed by atoms with van der Waals surface area (Å²) >= 11 is 7.75. The summed E-state index contributed by atoms with van der Waals surface area (Å²) in [6, 6.07) is 14.8. The molecule has 0 amide bonds. The van der Waals surface area contributed by atoms with Gasteiger partial charge in [-0.25, -0.2) is 4.98 Å². The van der Waals surface area contributed by atoms with Gasteiger partial charge in [0.05, 0.1) is 5.39 Å². The Kier molecular flexibility index (Phi) is 4.39. The van der Waals surface area contributed by atoms with E-state index in [2.05, 4.69) is 83.9 Å². The van der Waals surface area contributed by atoms with Gasteiger partial charge in [-0.3, -0.25) is 0 Å². The largest absolute Gasteiger partial charge is 0.340 e. The van der Waals surface area contributed by atoms with Crippen LogP contribution in [-0.4, -0.2) is 9.97 Å². The number of nitrogens with zero attached hydrogens (tertiary/aromatic N) is 2. The normalized spacial score (nSPS) is 11.1. The molecule has 26 heavy (non-hydrogen) atoms. The van der Waals surface area contributed by atoms with Crippen molar-refractivity contribution in [3.05, 3.63) is 69.8 Å². The quantitative estimate of drug-likeness (QED) is 0.403. The fourth-order valence-electron chi connectivity index (χ4n) is 2.91. The molecule has 0 saturated carbocycles. The first-order valence-corrected chi connectivity index (χ1v) is 9.63. The standard InChI is InChI=1S/C21H18ClN3S/c1-12-4-7-15(8-5-12)17-11-26-20-18(17)19(24-21(22)25-20)23-16-9-6-13(2)14(3)10-16/h4-11H,1-3H3,(H,23,24,25). The maximum Gasteiger partial charge on any atom is 0.225 e. The predicted molar refractivity (Wildman–Crippen MR) is 112 cm³/mol. The number of thiophene rings is 1. The minimum absolute atomic E-state index is 0.251. The SMILES string of the molecule is Cc1ccc(-c2csc3nc(Cl)nc(Nc4ccc(C)c(C)c4)c23)cc1. The predicted octanol–water partition coefficient (Wildman–Crippen LogP) is 6.68. The number of hydrogen-bond donors (Lipinski definition) is 1. The van der Waals surface area contributed by atoms with Crippen molar-refractivity contribution in [3.8, 4) is 11.1 Å².